The maximum absolute atomic E-state index is 12.3. The predicted molar refractivity (Wildman–Crippen MR) is 95.2 cm³/mol. The average molecular weight is 365 g/mol. The van der Waals surface area contributed by atoms with Crippen molar-refractivity contribution in [3.8, 4) is 5.82 Å². The van der Waals surface area contributed by atoms with Crippen molar-refractivity contribution in [2.24, 2.45) is 0 Å². The summed E-state index contributed by atoms with van der Waals surface area (Å²) in [5.41, 5.74) is 2.23. The molecule has 0 radical (unpaired) electrons. The fourth-order valence-electron chi connectivity index (χ4n) is 3.31. The zero-order chi connectivity index (χ0) is 19.1. The molecule has 3 N–H and O–H groups in total. The van der Waals surface area contributed by atoms with Crippen LogP contribution in [0.2, 0.25) is 0 Å². The van der Waals surface area contributed by atoms with Crippen LogP contribution in [-0.4, -0.2) is 37.0 Å². The molecule has 9 nitrogen and oxygen atoms in total. The summed E-state index contributed by atoms with van der Waals surface area (Å²) in [6.45, 7) is 1.83. The molecule has 3 aromatic rings. The summed E-state index contributed by atoms with van der Waals surface area (Å²) in [4.78, 5) is 34.6. The first kappa shape index (κ1) is 16.7. The van der Waals surface area contributed by atoms with E-state index in [-0.39, 0.29) is 29.4 Å². The lowest BCUT2D eigenvalue weighted by atomic mass is 9.85. The normalized spacial score (nSPS) is 15.9. The number of hydrogen-bond donors (Lipinski definition) is 3. The summed E-state index contributed by atoms with van der Waals surface area (Å²) in [5, 5.41) is 22.7. The van der Waals surface area contributed by atoms with Gasteiger partial charge < -0.3 is 10.4 Å². The van der Waals surface area contributed by atoms with Crippen LogP contribution in [0.15, 0.2) is 41.2 Å². The number of aryl methyl sites for hydroxylation is 1. The van der Waals surface area contributed by atoms with Gasteiger partial charge in [-0.25, -0.2) is 9.89 Å². The van der Waals surface area contributed by atoms with E-state index in [9.17, 15) is 14.4 Å². The highest BCUT2D eigenvalue weighted by Crippen LogP contribution is 2.39. The topological polar surface area (TPSA) is 130 Å². The first-order valence-electron chi connectivity index (χ1n) is 8.23. The van der Waals surface area contributed by atoms with Gasteiger partial charge in [-0.15, -0.1) is 0 Å². The number of carbonyl (C=O) groups is 2. The van der Waals surface area contributed by atoms with Crippen LogP contribution >= 0.6 is 0 Å². The van der Waals surface area contributed by atoms with E-state index in [2.05, 4.69) is 20.6 Å². The first-order chi connectivity index (χ1) is 12.9. The van der Waals surface area contributed by atoms with Gasteiger partial charge in [-0.05, 0) is 30.7 Å². The fraction of sp³-hybridized carbons (Fsp3) is 0.167. The van der Waals surface area contributed by atoms with Crippen molar-refractivity contribution in [2.75, 3.05) is 5.32 Å². The summed E-state index contributed by atoms with van der Waals surface area (Å²) >= 11 is 0. The van der Waals surface area contributed by atoms with E-state index in [1.807, 2.05) is 6.92 Å². The molecule has 1 aromatic carbocycles. The highest BCUT2D eigenvalue weighted by Gasteiger charge is 2.33. The molecule has 9 heteroatoms. The molecular formula is C18H15N5O4. The van der Waals surface area contributed by atoms with Gasteiger partial charge >= 0.3 is 5.97 Å². The Morgan fingerprint density at radius 1 is 1.19 bits per heavy atom. The minimum atomic E-state index is -1.00. The van der Waals surface area contributed by atoms with E-state index < -0.39 is 5.97 Å². The Kier molecular flexibility index (Phi) is 3.84. The van der Waals surface area contributed by atoms with Crippen LogP contribution in [0.1, 0.15) is 39.5 Å². The molecule has 1 aliphatic heterocycles. The molecule has 0 saturated carbocycles. The summed E-state index contributed by atoms with van der Waals surface area (Å²) in [6.07, 6.45) is 0.227. The molecule has 0 aliphatic carbocycles. The molecule has 2 aromatic heterocycles. The lowest BCUT2D eigenvalue weighted by Gasteiger charge is -2.24. The van der Waals surface area contributed by atoms with Gasteiger partial charge in [0.05, 0.1) is 11.3 Å². The van der Waals surface area contributed by atoms with Gasteiger partial charge in [0.1, 0.15) is 5.82 Å². The largest absolute Gasteiger partial charge is 0.478 e. The molecule has 4 rings (SSSR count). The number of H-pyrrole nitrogens is 1. The molecule has 0 unspecified atom stereocenters. The van der Waals surface area contributed by atoms with Crippen LogP contribution in [0.3, 0.4) is 0 Å². The van der Waals surface area contributed by atoms with E-state index in [1.54, 1.807) is 12.1 Å². The smallest absolute Gasteiger partial charge is 0.335 e. The number of carboxylic acid groups (broad SMARTS) is 1. The Balaban J connectivity index is 1.82. The second-order valence-electron chi connectivity index (χ2n) is 6.27. The van der Waals surface area contributed by atoms with Crippen molar-refractivity contribution in [2.45, 2.75) is 19.3 Å². The molecule has 136 valence electrons. The second-order valence-corrected chi connectivity index (χ2v) is 6.27. The average Bonchev–Trinajstić information content (AvgIpc) is 2.98. The number of aromatic amines is 1. The van der Waals surface area contributed by atoms with Gasteiger partial charge in [0.2, 0.25) is 5.91 Å². The van der Waals surface area contributed by atoms with Crippen molar-refractivity contribution < 1.29 is 14.7 Å². The van der Waals surface area contributed by atoms with Crippen LogP contribution in [0.25, 0.3) is 5.82 Å². The molecule has 3 heterocycles. The number of carbonyl (C=O) groups excluding carboxylic acids is 1. The number of nitrogens with one attached hydrogen (secondary N) is 2. The Morgan fingerprint density at radius 3 is 2.56 bits per heavy atom. The van der Waals surface area contributed by atoms with E-state index in [0.29, 0.717) is 17.3 Å². The second kappa shape index (κ2) is 6.20. The van der Waals surface area contributed by atoms with Crippen molar-refractivity contribution >= 4 is 17.7 Å². The molecule has 0 fully saturated rings. The molecule has 0 spiro atoms. The standard InChI is InChI=1S/C18H15N5O4/c1-9-16-12(10-2-4-11(5-3-10)18(26)27)8-15(25)19-17(16)23(22-9)13-6-7-14(24)21-20-13/h2-7,12H,8H2,1H3,(H,19,25)(H,21,24)(H,26,27)/t12-/m1/s1. The maximum Gasteiger partial charge on any atom is 0.335 e. The predicted octanol–water partition coefficient (Wildman–Crippen LogP) is 1.44. The SMILES string of the molecule is Cc1nn(-c2ccc(=O)[nH]n2)c2c1[C@@H](c1ccc(C(=O)O)cc1)CC(=O)N2. The third-order valence-corrected chi connectivity index (χ3v) is 4.54. The number of hydrogen-bond acceptors (Lipinski definition) is 5. The zero-order valence-electron chi connectivity index (χ0n) is 14.3. The van der Waals surface area contributed by atoms with Gasteiger partial charge in [0.25, 0.3) is 5.56 Å². The minimum absolute atomic E-state index is 0.180. The Hall–Kier alpha value is -3.75. The molecule has 0 bridgehead atoms. The van der Waals surface area contributed by atoms with Crippen LogP contribution in [0.5, 0.6) is 0 Å². The Bertz CT molecular complexity index is 1090. The Morgan fingerprint density at radius 2 is 1.93 bits per heavy atom. The summed E-state index contributed by atoms with van der Waals surface area (Å²) in [7, 11) is 0. The van der Waals surface area contributed by atoms with Crippen molar-refractivity contribution in [1.29, 1.82) is 0 Å². The lowest BCUT2D eigenvalue weighted by molar-refractivity contribution is -0.116. The van der Waals surface area contributed by atoms with Gasteiger partial charge in [0.15, 0.2) is 5.82 Å². The lowest BCUT2D eigenvalue weighted by Crippen LogP contribution is -2.25. The summed E-state index contributed by atoms with van der Waals surface area (Å²) < 4.78 is 1.48. The number of anilines is 1. The van der Waals surface area contributed by atoms with E-state index in [0.717, 1.165) is 11.1 Å². The quantitative estimate of drug-likeness (QED) is 0.644. The van der Waals surface area contributed by atoms with Crippen molar-refractivity contribution in [1.82, 2.24) is 20.0 Å². The van der Waals surface area contributed by atoms with Gasteiger partial charge in [-0.3, -0.25) is 9.59 Å². The monoisotopic (exact) mass is 365 g/mol. The summed E-state index contributed by atoms with van der Waals surface area (Å²) in [5.74, 6) is -0.568. The summed E-state index contributed by atoms with van der Waals surface area (Å²) in [6, 6.07) is 9.32. The highest BCUT2D eigenvalue weighted by atomic mass is 16.4. The molecule has 27 heavy (non-hydrogen) atoms. The first-order valence-corrected chi connectivity index (χ1v) is 8.23. The maximum atomic E-state index is 12.3. The van der Waals surface area contributed by atoms with Gasteiger partial charge in [-0.1, -0.05) is 12.1 Å². The number of rotatable bonds is 3. The fourth-order valence-corrected chi connectivity index (χ4v) is 3.31. The van der Waals surface area contributed by atoms with E-state index in [1.165, 1.54) is 28.9 Å². The van der Waals surface area contributed by atoms with E-state index in [4.69, 9.17) is 5.11 Å². The number of fused-ring (bicyclic) bond motifs is 1. The van der Waals surface area contributed by atoms with Crippen LogP contribution in [-0.2, 0) is 4.79 Å². The molecular weight excluding hydrogens is 350 g/mol. The third kappa shape index (κ3) is 2.88. The number of benzene rings is 1. The zero-order valence-corrected chi connectivity index (χ0v) is 14.3. The molecule has 1 atom stereocenters. The molecule has 1 amide bonds. The van der Waals surface area contributed by atoms with Crippen LogP contribution in [0.4, 0.5) is 5.82 Å². The molecule has 1 aliphatic rings. The third-order valence-electron chi connectivity index (χ3n) is 4.54. The Labute approximate surface area is 152 Å². The minimum Gasteiger partial charge on any atom is -0.478 e. The van der Waals surface area contributed by atoms with Crippen molar-refractivity contribution in [3.63, 3.8) is 0 Å². The number of aromatic carboxylic acids is 1. The number of aromatic nitrogens is 4. The van der Waals surface area contributed by atoms with E-state index >= 15 is 0 Å². The molecule has 0 saturated heterocycles. The highest BCUT2D eigenvalue weighted by molar-refractivity contribution is 5.95. The number of nitrogens with zero attached hydrogens (tertiary/aromatic N) is 3. The van der Waals surface area contributed by atoms with Gasteiger partial charge in [-0.2, -0.15) is 14.9 Å². The van der Waals surface area contributed by atoms with Gasteiger partial charge in [0, 0.05) is 24.0 Å². The van der Waals surface area contributed by atoms with Crippen molar-refractivity contribution in [3.05, 3.63) is 69.1 Å². The number of carboxylic acids is 1. The van der Waals surface area contributed by atoms with Crippen LogP contribution < -0.4 is 10.9 Å². The van der Waals surface area contributed by atoms with Crippen LogP contribution in [0, 0.1) is 6.92 Å². The number of amides is 1.